The van der Waals surface area contributed by atoms with Crippen molar-refractivity contribution in [1.82, 2.24) is 5.32 Å². The summed E-state index contributed by atoms with van der Waals surface area (Å²) in [7, 11) is 2.52. The zero-order valence-electron chi connectivity index (χ0n) is 10.6. The Morgan fingerprint density at radius 2 is 1.94 bits per heavy atom. The van der Waals surface area contributed by atoms with Crippen molar-refractivity contribution < 1.29 is 13.9 Å². The van der Waals surface area contributed by atoms with Crippen molar-refractivity contribution in [3.8, 4) is 0 Å². The second kappa shape index (κ2) is 11.5. The quantitative estimate of drug-likeness (QED) is 0.311. The Hall–Kier alpha value is 0.0169. The third-order valence-electron chi connectivity index (χ3n) is 2.20. The average Bonchev–Trinajstić information content (AvgIpc) is 2.30. The molecule has 97 valence electrons. The molecular formula is C10H25N2O3Si. The second-order valence-corrected chi connectivity index (χ2v) is 5.75. The molecule has 0 rings (SSSR count). The summed E-state index contributed by atoms with van der Waals surface area (Å²) in [5, 5.41) is 3.26. The fraction of sp³-hybridized carbons (Fsp3) is 1.00. The molecule has 0 aliphatic rings. The molecule has 0 aromatic heterocycles. The maximum Gasteiger partial charge on any atom is 0.208 e. The number of hydrogen-bond donors (Lipinski definition) is 2. The summed E-state index contributed by atoms with van der Waals surface area (Å²) in [5.74, 6) is 0. The van der Waals surface area contributed by atoms with Gasteiger partial charge in [-0.2, -0.15) is 0 Å². The first kappa shape index (κ1) is 16.0. The standard InChI is InChI=1S/C10H25N2O3Si/c1-13-10(14-2)9-15-16(3)8-4-6-12-7-5-11/h10,12H,4-9,11H2,1-3H3. The van der Waals surface area contributed by atoms with Crippen molar-refractivity contribution in [2.75, 3.05) is 40.5 Å². The van der Waals surface area contributed by atoms with Crippen LogP contribution in [0.4, 0.5) is 0 Å². The van der Waals surface area contributed by atoms with E-state index < -0.39 is 9.04 Å². The molecule has 0 unspecified atom stereocenters. The van der Waals surface area contributed by atoms with Crippen molar-refractivity contribution >= 4 is 9.04 Å². The van der Waals surface area contributed by atoms with Gasteiger partial charge in [0.2, 0.25) is 9.04 Å². The Balaban J connectivity index is 3.33. The molecule has 0 saturated carbocycles. The van der Waals surface area contributed by atoms with Gasteiger partial charge in [0.05, 0.1) is 6.61 Å². The van der Waals surface area contributed by atoms with Gasteiger partial charge in [-0.05, 0) is 25.6 Å². The van der Waals surface area contributed by atoms with Gasteiger partial charge in [0, 0.05) is 27.3 Å². The van der Waals surface area contributed by atoms with Crippen LogP contribution in [0.3, 0.4) is 0 Å². The summed E-state index contributed by atoms with van der Waals surface area (Å²) < 4.78 is 15.8. The highest BCUT2D eigenvalue weighted by molar-refractivity contribution is 6.50. The fourth-order valence-electron chi connectivity index (χ4n) is 1.20. The molecule has 0 bridgehead atoms. The summed E-state index contributed by atoms with van der Waals surface area (Å²) in [6.45, 7) is 5.29. The van der Waals surface area contributed by atoms with E-state index in [1.807, 2.05) is 0 Å². The summed E-state index contributed by atoms with van der Waals surface area (Å²) >= 11 is 0. The van der Waals surface area contributed by atoms with Crippen LogP contribution in [0.2, 0.25) is 12.6 Å². The highest BCUT2D eigenvalue weighted by Crippen LogP contribution is 2.01. The molecule has 0 fully saturated rings. The van der Waals surface area contributed by atoms with Gasteiger partial charge in [-0.1, -0.05) is 0 Å². The lowest BCUT2D eigenvalue weighted by Crippen LogP contribution is -2.27. The first-order chi connectivity index (χ1) is 7.74. The molecule has 5 nitrogen and oxygen atoms in total. The molecule has 0 aliphatic heterocycles. The molecule has 1 radical (unpaired) electrons. The van der Waals surface area contributed by atoms with Crippen molar-refractivity contribution in [1.29, 1.82) is 0 Å². The predicted octanol–water partition coefficient (Wildman–Crippen LogP) is 0.182. The molecule has 0 heterocycles. The third-order valence-corrected chi connectivity index (χ3v) is 3.91. The average molecular weight is 249 g/mol. The van der Waals surface area contributed by atoms with E-state index in [4.69, 9.17) is 19.6 Å². The van der Waals surface area contributed by atoms with Crippen LogP contribution in [-0.2, 0) is 13.9 Å². The first-order valence-electron chi connectivity index (χ1n) is 5.66. The molecule has 0 saturated heterocycles. The van der Waals surface area contributed by atoms with E-state index in [0.29, 0.717) is 13.2 Å². The van der Waals surface area contributed by atoms with Crippen molar-refractivity contribution in [2.24, 2.45) is 5.73 Å². The van der Waals surface area contributed by atoms with Crippen LogP contribution in [0.25, 0.3) is 0 Å². The molecule has 3 N–H and O–H groups in total. The number of ether oxygens (including phenoxy) is 2. The first-order valence-corrected chi connectivity index (χ1v) is 7.77. The van der Waals surface area contributed by atoms with E-state index in [0.717, 1.165) is 25.6 Å². The van der Waals surface area contributed by atoms with Crippen molar-refractivity contribution in [2.45, 2.75) is 25.3 Å². The van der Waals surface area contributed by atoms with Crippen molar-refractivity contribution in [3.05, 3.63) is 0 Å². The normalized spacial score (nSPS) is 11.6. The third kappa shape index (κ3) is 9.26. The van der Waals surface area contributed by atoms with Crippen LogP contribution in [-0.4, -0.2) is 55.8 Å². The molecule has 16 heavy (non-hydrogen) atoms. The summed E-state index contributed by atoms with van der Waals surface area (Å²) in [5.41, 5.74) is 5.37. The van der Waals surface area contributed by atoms with Crippen LogP contribution >= 0.6 is 0 Å². The Morgan fingerprint density at radius 3 is 2.50 bits per heavy atom. The number of nitrogens with two attached hydrogens (primary N) is 1. The highest BCUT2D eigenvalue weighted by Gasteiger charge is 2.10. The van der Waals surface area contributed by atoms with Gasteiger partial charge >= 0.3 is 0 Å². The zero-order valence-corrected chi connectivity index (χ0v) is 11.6. The fourth-order valence-corrected chi connectivity index (χ4v) is 2.44. The summed E-state index contributed by atoms with van der Waals surface area (Å²) in [6, 6.07) is 1.13. The molecule has 6 heteroatoms. The lowest BCUT2D eigenvalue weighted by Gasteiger charge is -2.16. The lowest BCUT2D eigenvalue weighted by molar-refractivity contribution is -0.122. The van der Waals surface area contributed by atoms with Crippen LogP contribution in [0.15, 0.2) is 0 Å². The van der Waals surface area contributed by atoms with E-state index in [1.54, 1.807) is 14.2 Å². The minimum absolute atomic E-state index is 0.240. The molecule has 0 atom stereocenters. The summed E-state index contributed by atoms with van der Waals surface area (Å²) in [4.78, 5) is 0. The van der Waals surface area contributed by atoms with E-state index in [2.05, 4.69) is 11.9 Å². The van der Waals surface area contributed by atoms with Crippen LogP contribution in [0.1, 0.15) is 6.42 Å². The molecule has 0 aromatic carbocycles. The summed E-state index contributed by atoms with van der Waals surface area (Å²) in [6.07, 6.45) is 0.894. The lowest BCUT2D eigenvalue weighted by atomic mass is 10.5. The minimum atomic E-state index is -0.723. The van der Waals surface area contributed by atoms with E-state index in [1.165, 1.54) is 0 Å². The Labute approximate surface area is 100 Å². The largest absolute Gasteiger partial charge is 0.412 e. The zero-order chi connectivity index (χ0) is 12.2. The molecule has 0 spiro atoms. The van der Waals surface area contributed by atoms with E-state index in [9.17, 15) is 0 Å². The van der Waals surface area contributed by atoms with Gasteiger partial charge < -0.3 is 25.0 Å². The number of methoxy groups -OCH3 is 2. The van der Waals surface area contributed by atoms with Gasteiger partial charge in [0.25, 0.3) is 0 Å². The minimum Gasteiger partial charge on any atom is -0.412 e. The SMILES string of the molecule is COC(CO[Si](C)CCCNCCN)OC. The van der Waals surface area contributed by atoms with Crippen molar-refractivity contribution in [3.63, 3.8) is 0 Å². The van der Waals surface area contributed by atoms with Gasteiger partial charge in [0.15, 0.2) is 6.29 Å². The molecule has 0 amide bonds. The van der Waals surface area contributed by atoms with Gasteiger partial charge in [-0.25, -0.2) is 0 Å². The van der Waals surface area contributed by atoms with Gasteiger partial charge in [-0.15, -0.1) is 0 Å². The van der Waals surface area contributed by atoms with Crippen LogP contribution in [0, 0.1) is 0 Å². The maximum atomic E-state index is 5.69. The predicted molar refractivity (Wildman–Crippen MR) is 66.7 cm³/mol. The van der Waals surface area contributed by atoms with Crippen LogP contribution in [0.5, 0.6) is 0 Å². The van der Waals surface area contributed by atoms with Gasteiger partial charge in [0.1, 0.15) is 0 Å². The van der Waals surface area contributed by atoms with E-state index >= 15 is 0 Å². The smallest absolute Gasteiger partial charge is 0.208 e. The Bertz CT molecular complexity index is 148. The number of nitrogens with one attached hydrogen (secondary N) is 1. The Morgan fingerprint density at radius 1 is 1.25 bits per heavy atom. The monoisotopic (exact) mass is 249 g/mol. The Kier molecular flexibility index (Phi) is 11.5. The molecule has 0 aliphatic carbocycles. The maximum absolute atomic E-state index is 5.69. The second-order valence-electron chi connectivity index (χ2n) is 3.56. The molecular weight excluding hydrogens is 224 g/mol. The number of hydrogen-bond acceptors (Lipinski definition) is 5. The van der Waals surface area contributed by atoms with E-state index in [-0.39, 0.29) is 6.29 Å². The van der Waals surface area contributed by atoms with Crippen LogP contribution < -0.4 is 11.1 Å². The van der Waals surface area contributed by atoms with Gasteiger partial charge in [-0.3, -0.25) is 0 Å². The molecule has 0 aromatic rings. The number of rotatable bonds is 11. The topological polar surface area (TPSA) is 65.7 Å². The highest BCUT2D eigenvalue weighted by atomic mass is 28.3.